The largest absolute Gasteiger partial charge is 0.462 e. The zero-order valence-electron chi connectivity index (χ0n) is 5.89. The molecular weight excluding hydrogens is 132 g/mol. The van der Waals surface area contributed by atoms with E-state index in [0.717, 1.165) is 0 Å². The van der Waals surface area contributed by atoms with Crippen molar-refractivity contribution < 1.29 is 14.6 Å². The molecule has 0 radical (unpaired) electrons. The third kappa shape index (κ3) is 2.49. The summed E-state index contributed by atoms with van der Waals surface area (Å²) in [4.78, 5) is 10.7. The van der Waals surface area contributed by atoms with Crippen LogP contribution in [0, 0.1) is 0 Å². The summed E-state index contributed by atoms with van der Waals surface area (Å²) in [7, 11) is 0. The van der Waals surface area contributed by atoms with E-state index in [0.29, 0.717) is 6.61 Å². The van der Waals surface area contributed by atoms with Crippen LogP contribution in [-0.2, 0) is 9.53 Å². The molecule has 1 N–H and O–H groups in total. The quantitative estimate of drug-likeness (QED) is 0.349. The number of carbonyl (C=O) groups excluding carboxylic acids is 1. The zero-order chi connectivity index (χ0) is 7.98. The number of carbonyl (C=O) groups is 1. The summed E-state index contributed by atoms with van der Waals surface area (Å²) < 4.78 is 4.55. The minimum Gasteiger partial charge on any atom is -0.462 e. The molecule has 56 valence electrons. The van der Waals surface area contributed by atoms with E-state index in [1.165, 1.54) is 0 Å². The van der Waals surface area contributed by atoms with Crippen molar-refractivity contribution in [3.63, 3.8) is 0 Å². The van der Waals surface area contributed by atoms with E-state index in [9.17, 15) is 4.79 Å². The van der Waals surface area contributed by atoms with Crippen LogP contribution in [-0.4, -0.2) is 24.3 Å². The minimum atomic E-state index is -0.556. The smallest absolute Gasteiger partial charge is 0.344 e. The Morgan fingerprint density at radius 3 is 2.70 bits per heavy atom. The maximum atomic E-state index is 10.7. The van der Waals surface area contributed by atoms with Crippen molar-refractivity contribution in [2.75, 3.05) is 13.2 Å². The molecule has 0 aliphatic carbocycles. The van der Waals surface area contributed by atoms with E-state index in [1.54, 1.807) is 6.92 Å². The SMILES string of the molecule is C=C=C(CO)C(=O)OCC. The highest BCUT2D eigenvalue weighted by molar-refractivity contribution is 5.88. The first-order valence-corrected chi connectivity index (χ1v) is 2.93. The second kappa shape index (κ2) is 4.79. The van der Waals surface area contributed by atoms with Gasteiger partial charge in [0.15, 0.2) is 0 Å². The molecule has 0 heterocycles. The second-order valence-corrected chi connectivity index (χ2v) is 1.53. The maximum absolute atomic E-state index is 10.7. The Labute approximate surface area is 59.6 Å². The fourth-order valence-corrected chi connectivity index (χ4v) is 0.411. The third-order valence-corrected chi connectivity index (χ3v) is 0.893. The Morgan fingerprint density at radius 1 is 1.80 bits per heavy atom. The number of aliphatic hydroxyl groups excluding tert-OH is 1. The lowest BCUT2D eigenvalue weighted by molar-refractivity contribution is -0.138. The van der Waals surface area contributed by atoms with Crippen LogP contribution in [0.1, 0.15) is 6.92 Å². The lowest BCUT2D eigenvalue weighted by atomic mass is 10.3. The monoisotopic (exact) mass is 142 g/mol. The molecule has 0 amide bonds. The van der Waals surface area contributed by atoms with Crippen molar-refractivity contribution in [3.05, 3.63) is 17.9 Å². The summed E-state index contributed by atoms with van der Waals surface area (Å²) in [6.45, 7) is 4.83. The molecule has 0 aliphatic rings. The van der Waals surface area contributed by atoms with E-state index in [2.05, 4.69) is 17.0 Å². The van der Waals surface area contributed by atoms with Gasteiger partial charge in [0, 0.05) is 0 Å². The minimum absolute atomic E-state index is 0.0712. The van der Waals surface area contributed by atoms with E-state index in [4.69, 9.17) is 5.11 Å². The highest BCUT2D eigenvalue weighted by Gasteiger charge is 2.06. The highest BCUT2D eigenvalue weighted by Crippen LogP contribution is 1.92. The van der Waals surface area contributed by atoms with Crippen molar-refractivity contribution in [1.29, 1.82) is 0 Å². The topological polar surface area (TPSA) is 46.5 Å². The number of esters is 1. The molecule has 0 aromatic rings. The molecule has 0 aliphatic heterocycles. The molecule has 0 rings (SSSR count). The van der Waals surface area contributed by atoms with Gasteiger partial charge in [-0.25, -0.2) is 4.79 Å². The summed E-state index contributed by atoms with van der Waals surface area (Å²) in [5, 5.41) is 8.48. The van der Waals surface area contributed by atoms with Gasteiger partial charge in [0.1, 0.15) is 5.57 Å². The van der Waals surface area contributed by atoms with Crippen LogP contribution < -0.4 is 0 Å². The van der Waals surface area contributed by atoms with Gasteiger partial charge in [0.25, 0.3) is 0 Å². The fourth-order valence-electron chi connectivity index (χ4n) is 0.411. The van der Waals surface area contributed by atoms with E-state index in [1.807, 2.05) is 0 Å². The first kappa shape index (κ1) is 8.95. The molecule has 3 heteroatoms. The lowest BCUT2D eigenvalue weighted by Crippen LogP contribution is -2.09. The van der Waals surface area contributed by atoms with Gasteiger partial charge < -0.3 is 9.84 Å². The lowest BCUT2D eigenvalue weighted by Gasteiger charge is -1.99. The predicted molar refractivity (Wildman–Crippen MR) is 36.4 cm³/mol. The van der Waals surface area contributed by atoms with Gasteiger partial charge in [0.2, 0.25) is 0 Å². The molecule has 3 nitrogen and oxygen atoms in total. The number of hydrogen-bond acceptors (Lipinski definition) is 3. The Morgan fingerprint density at radius 2 is 2.40 bits per heavy atom. The molecule has 0 atom stereocenters. The second-order valence-electron chi connectivity index (χ2n) is 1.53. The molecular formula is C7H10O3. The molecule has 0 bridgehead atoms. The van der Waals surface area contributed by atoms with Crippen LogP contribution in [0.5, 0.6) is 0 Å². The summed E-state index contributed by atoms with van der Waals surface area (Å²) >= 11 is 0. The summed E-state index contributed by atoms with van der Waals surface area (Å²) in [5.74, 6) is -0.556. The van der Waals surface area contributed by atoms with Crippen LogP contribution in [0.2, 0.25) is 0 Å². The first-order chi connectivity index (χ1) is 4.76. The van der Waals surface area contributed by atoms with Crippen molar-refractivity contribution in [2.24, 2.45) is 0 Å². The van der Waals surface area contributed by atoms with Crippen molar-refractivity contribution in [3.8, 4) is 0 Å². The number of hydrogen-bond donors (Lipinski definition) is 1. The molecule has 0 unspecified atom stereocenters. The Balaban J connectivity index is 4.04. The van der Waals surface area contributed by atoms with Crippen molar-refractivity contribution >= 4 is 5.97 Å². The molecule has 0 saturated heterocycles. The van der Waals surface area contributed by atoms with Crippen LogP contribution in [0.15, 0.2) is 17.9 Å². The number of ether oxygens (including phenoxy) is 1. The zero-order valence-corrected chi connectivity index (χ0v) is 5.89. The van der Waals surface area contributed by atoms with E-state index in [-0.39, 0.29) is 12.2 Å². The van der Waals surface area contributed by atoms with E-state index < -0.39 is 5.97 Å². The van der Waals surface area contributed by atoms with E-state index >= 15 is 0 Å². The molecule has 0 fully saturated rings. The van der Waals surface area contributed by atoms with Crippen LogP contribution >= 0.6 is 0 Å². The number of rotatable bonds is 3. The molecule has 0 aromatic carbocycles. The number of aliphatic hydroxyl groups is 1. The summed E-state index contributed by atoms with van der Waals surface area (Å²) in [6.07, 6.45) is 0. The summed E-state index contributed by atoms with van der Waals surface area (Å²) in [6, 6.07) is 0. The Bertz CT molecular complexity index is 166. The normalized spacial score (nSPS) is 8.20. The average Bonchev–Trinajstić information content (AvgIpc) is 1.91. The van der Waals surface area contributed by atoms with Crippen LogP contribution in [0.3, 0.4) is 0 Å². The Kier molecular flexibility index (Phi) is 4.29. The van der Waals surface area contributed by atoms with Gasteiger partial charge in [-0.1, -0.05) is 6.58 Å². The van der Waals surface area contributed by atoms with Crippen molar-refractivity contribution in [2.45, 2.75) is 6.92 Å². The van der Waals surface area contributed by atoms with Crippen LogP contribution in [0.4, 0.5) is 0 Å². The van der Waals surface area contributed by atoms with Gasteiger partial charge in [-0.2, -0.15) is 0 Å². The van der Waals surface area contributed by atoms with Gasteiger partial charge in [-0.15, -0.1) is 5.73 Å². The average molecular weight is 142 g/mol. The van der Waals surface area contributed by atoms with Crippen molar-refractivity contribution in [1.82, 2.24) is 0 Å². The van der Waals surface area contributed by atoms with Crippen LogP contribution in [0.25, 0.3) is 0 Å². The standard InChI is InChI=1S/C7H10O3/c1-3-6(5-8)7(9)10-4-2/h8H,1,4-5H2,2H3. The predicted octanol–water partition coefficient (Wildman–Crippen LogP) is 0.253. The Hall–Kier alpha value is -1.05. The molecule has 0 saturated carbocycles. The van der Waals surface area contributed by atoms with Gasteiger partial charge >= 0.3 is 5.97 Å². The van der Waals surface area contributed by atoms with Gasteiger partial charge in [-0.3, -0.25) is 0 Å². The fraction of sp³-hybridized carbons (Fsp3) is 0.429. The first-order valence-electron chi connectivity index (χ1n) is 2.93. The molecule has 10 heavy (non-hydrogen) atoms. The van der Waals surface area contributed by atoms with Gasteiger partial charge in [0.05, 0.1) is 13.2 Å². The molecule has 0 aromatic heterocycles. The third-order valence-electron chi connectivity index (χ3n) is 0.893. The summed E-state index contributed by atoms with van der Waals surface area (Å²) in [5.41, 5.74) is 2.35. The highest BCUT2D eigenvalue weighted by atomic mass is 16.5. The maximum Gasteiger partial charge on any atom is 0.344 e. The van der Waals surface area contributed by atoms with Gasteiger partial charge in [-0.05, 0) is 6.92 Å². The molecule has 0 spiro atoms.